The largest absolute Gasteiger partial charge is 0.464 e. The highest BCUT2D eigenvalue weighted by Crippen LogP contribution is 2.25. The summed E-state index contributed by atoms with van der Waals surface area (Å²) in [6.07, 6.45) is 12.7. The van der Waals surface area contributed by atoms with E-state index in [9.17, 15) is 14.4 Å². The van der Waals surface area contributed by atoms with Crippen LogP contribution in [0.25, 0.3) is 0 Å². The predicted molar refractivity (Wildman–Crippen MR) is 91.9 cm³/mol. The number of unbranched alkanes of at least 4 members (excludes halogenated alkanes) is 4. The van der Waals surface area contributed by atoms with E-state index in [1.165, 1.54) is 0 Å². The van der Waals surface area contributed by atoms with E-state index < -0.39 is 17.9 Å². The van der Waals surface area contributed by atoms with Gasteiger partial charge in [0.15, 0.2) is 0 Å². The zero-order chi connectivity index (χ0) is 18.1. The maximum absolute atomic E-state index is 12.0. The highest BCUT2D eigenvalue weighted by molar-refractivity contribution is 5.99. The van der Waals surface area contributed by atoms with E-state index in [0.29, 0.717) is 25.9 Å². The van der Waals surface area contributed by atoms with Crippen molar-refractivity contribution in [2.75, 3.05) is 6.61 Å². The molecule has 0 radical (unpaired) electrons. The number of carbonyl (C=O) groups excluding carboxylic acids is 3. The Bertz CT molecular complexity index is 537. The molecule has 0 aromatic heterocycles. The van der Waals surface area contributed by atoms with Crippen molar-refractivity contribution in [2.24, 2.45) is 0 Å². The number of Topliss-reactive ketones (excluding diaryl/α,β-unsaturated/α-hetero) is 1. The molecule has 0 unspecified atom stereocenters. The maximum Gasteiger partial charge on any atom is 0.328 e. The first-order chi connectivity index (χ1) is 12.0. The molecule has 3 N–H and O–H groups in total. The molecule has 2 aliphatic heterocycles. The topological polar surface area (TPSA) is 116 Å². The molecule has 7 nitrogen and oxygen atoms in total. The molecule has 2 heterocycles. The van der Waals surface area contributed by atoms with Crippen molar-refractivity contribution >= 4 is 17.7 Å². The summed E-state index contributed by atoms with van der Waals surface area (Å²) in [5.74, 6) is 1.69. The van der Waals surface area contributed by atoms with Crippen LogP contribution >= 0.6 is 0 Å². The Morgan fingerprint density at radius 1 is 1.24 bits per heavy atom. The second kappa shape index (κ2) is 9.54. The Labute approximate surface area is 148 Å². The van der Waals surface area contributed by atoms with E-state index in [2.05, 4.69) is 22.1 Å². The van der Waals surface area contributed by atoms with E-state index in [-0.39, 0.29) is 17.9 Å². The van der Waals surface area contributed by atoms with E-state index in [1.807, 2.05) is 0 Å². The molecule has 25 heavy (non-hydrogen) atoms. The molecular formula is C18H27N3O4. The Kier molecular flexibility index (Phi) is 7.41. The number of ether oxygens (including phenoxy) is 1. The zero-order valence-corrected chi connectivity index (χ0v) is 14.6. The molecule has 0 saturated carbocycles. The second-order valence-electron chi connectivity index (χ2n) is 6.74. The van der Waals surface area contributed by atoms with E-state index in [1.54, 1.807) is 0 Å². The standard InChI is InChI=1S/C18H27N3O4/c1-2-3-4-5-6-7-10-18(20-21-18)11-8-14(22)13-16(23)19-15-9-12-25-17(15)24/h1,15,20-21H,3-13H2,(H,19,23)/t15-/m0/s1. The lowest BCUT2D eigenvalue weighted by molar-refractivity contribution is -0.142. The van der Waals surface area contributed by atoms with Gasteiger partial charge >= 0.3 is 5.97 Å². The number of nitrogens with one attached hydrogen (secondary N) is 3. The summed E-state index contributed by atoms with van der Waals surface area (Å²) < 4.78 is 4.78. The van der Waals surface area contributed by atoms with Gasteiger partial charge in [0.25, 0.3) is 0 Å². The van der Waals surface area contributed by atoms with Crippen LogP contribution in [0.1, 0.15) is 64.2 Å². The third-order valence-corrected chi connectivity index (χ3v) is 4.61. The molecule has 1 amide bonds. The highest BCUT2D eigenvalue weighted by atomic mass is 16.5. The van der Waals surface area contributed by atoms with Gasteiger partial charge in [-0.25, -0.2) is 15.6 Å². The van der Waals surface area contributed by atoms with Crippen LogP contribution in [-0.4, -0.2) is 36.0 Å². The van der Waals surface area contributed by atoms with Crippen molar-refractivity contribution in [3.05, 3.63) is 0 Å². The van der Waals surface area contributed by atoms with Crippen molar-refractivity contribution in [1.29, 1.82) is 0 Å². The highest BCUT2D eigenvalue weighted by Gasteiger charge is 2.40. The molecule has 1 atom stereocenters. The Morgan fingerprint density at radius 2 is 2.00 bits per heavy atom. The van der Waals surface area contributed by atoms with Crippen LogP contribution in [0.15, 0.2) is 0 Å². The van der Waals surface area contributed by atoms with Crippen molar-refractivity contribution in [1.82, 2.24) is 16.2 Å². The normalized spacial score (nSPS) is 20.6. The first-order valence-electron chi connectivity index (χ1n) is 9.00. The fraction of sp³-hybridized carbons (Fsp3) is 0.722. The van der Waals surface area contributed by atoms with Gasteiger partial charge in [-0.3, -0.25) is 9.59 Å². The lowest BCUT2D eigenvalue weighted by Gasteiger charge is -2.12. The Hall–Kier alpha value is -1.91. The maximum atomic E-state index is 12.0. The average molecular weight is 349 g/mol. The number of amides is 1. The summed E-state index contributed by atoms with van der Waals surface area (Å²) in [6.45, 7) is 0.320. The van der Waals surface area contributed by atoms with Gasteiger partial charge in [0, 0.05) is 19.3 Å². The molecule has 2 fully saturated rings. The van der Waals surface area contributed by atoms with Crippen molar-refractivity contribution in [2.45, 2.75) is 75.9 Å². The van der Waals surface area contributed by atoms with Crippen LogP contribution in [0.3, 0.4) is 0 Å². The average Bonchev–Trinajstić information content (AvgIpc) is 3.25. The number of cyclic esters (lactones) is 1. The smallest absolute Gasteiger partial charge is 0.328 e. The van der Waals surface area contributed by atoms with Crippen LogP contribution in [0.2, 0.25) is 0 Å². The van der Waals surface area contributed by atoms with Crippen LogP contribution < -0.4 is 16.2 Å². The molecule has 0 spiro atoms. The minimum Gasteiger partial charge on any atom is -0.464 e. The van der Waals surface area contributed by atoms with Gasteiger partial charge in [-0.05, 0) is 19.3 Å². The zero-order valence-electron chi connectivity index (χ0n) is 14.6. The molecule has 7 heteroatoms. The fourth-order valence-corrected chi connectivity index (χ4v) is 2.96. The molecule has 0 aromatic carbocycles. The molecule has 2 saturated heterocycles. The predicted octanol–water partition coefficient (Wildman–Crippen LogP) is 0.935. The summed E-state index contributed by atoms with van der Waals surface area (Å²) in [5.41, 5.74) is 6.09. The van der Waals surface area contributed by atoms with Crippen molar-refractivity contribution in [3.63, 3.8) is 0 Å². The number of hydrazine groups is 1. The van der Waals surface area contributed by atoms with Crippen molar-refractivity contribution < 1.29 is 19.1 Å². The lowest BCUT2D eigenvalue weighted by Crippen LogP contribution is -2.38. The van der Waals surface area contributed by atoms with Gasteiger partial charge in [-0.15, -0.1) is 12.3 Å². The number of hydrogen-bond acceptors (Lipinski definition) is 6. The van der Waals surface area contributed by atoms with E-state index in [4.69, 9.17) is 11.2 Å². The molecule has 0 bridgehead atoms. The quantitative estimate of drug-likeness (QED) is 0.159. The number of rotatable bonds is 12. The first kappa shape index (κ1) is 19.4. The molecule has 2 rings (SSSR count). The molecule has 2 aliphatic rings. The van der Waals surface area contributed by atoms with Gasteiger partial charge in [0.1, 0.15) is 11.8 Å². The number of terminal acetylenes is 1. The second-order valence-corrected chi connectivity index (χ2v) is 6.74. The summed E-state index contributed by atoms with van der Waals surface area (Å²) >= 11 is 0. The lowest BCUT2D eigenvalue weighted by atomic mass is 9.98. The first-order valence-corrected chi connectivity index (χ1v) is 9.00. The van der Waals surface area contributed by atoms with Gasteiger partial charge in [-0.2, -0.15) is 0 Å². The van der Waals surface area contributed by atoms with E-state index >= 15 is 0 Å². The summed E-state index contributed by atoms with van der Waals surface area (Å²) in [4.78, 5) is 35.1. The van der Waals surface area contributed by atoms with Crippen LogP contribution in [-0.2, 0) is 19.1 Å². The van der Waals surface area contributed by atoms with Crippen LogP contribution in [0.5, 0.6) is 0 Å². The Morgan fingerprint density at radius 3 is 2.64 bits per heavy atom. The number of hydrogen-bond donors (Lipinski definition) is 3. The summed E-state index contributed by atoms with van der Waals surface area (Å²) in [7, 11) is 0. The Balaban J connectivity index is 1.57. The minimum atomic E-state index is -0.604. The minimum absolute atomic E-state index is 0.118. The molecular weight excluding hydrogens is 322 g/mol. The number of esters is 1. The van der Waals surface area contributed by atoms with Gasteiger partial charge in [0.05, 0.1) is 18.7 Å². The van der Waals surface area contributed by atoms with Crippen LogP contribution in [0.4, 0.5) is 0 Å². The summed E-state index contributed by atoms with van der Waals surface area (Å²) in [6, 6.07) is -0.604. The van der Waals surface area contributed by atoms with Gasteiger partial charge < -0.3 is 10.1 Å². The molecule has 0 aromatic rings. The molecule has 0 aliphatic carbocycles. The number of ketones is 1. The number of carbonyl (C=O) groups is 3. The van der Waals surface area contributed by atoms with E-state index in [0.717, 1.165) is 38.5 Å². The van der Waals surface area contributed by atoms with Gasteiger partial charge in [0.2, 0.25) is 5.91 Å². The van der Waals surface area contributed by atoms with Crippen LogP contribution in [0, 0.1) is 12.3 Å². The van der Waals surface area contributed by atoms with Gasteiger partial charge in [-0.1, -0.05) is 19.3 Å². The van der Waals surface area contributed by atoms with Crippen molar-refractivity contribution in [3.8, 4) is 12.3 Å². The fourth-order valence-electron chi connectivity index (χ4n) is 2.96. The monoisotopic (exact) mass is 349 g/mol. The third-order valence-electron chi connectivity index (χ3n) is 4.61. The third kappa shape index (κ3) is 6.85. The SMILES string of the molecule is C#CCCCCCCC1(CCC(=O)CC(=O)N[C@H]2CCOC2=O)NN1. The molecule has 138 valence electrons. The summed E-state index contributed by atoms with van der Waals surface area (Å²) in [5, 5.41) is 2.55.